The van der Waals surface area contributed by atoms with Crippen LogP contribution in [0.25, 0.3) is 0 Å². The minimum absolute atomic E-state index is 0.764. The molecule has 0 atom stereocenters. The van der Waals surface area contributed by atoms with Crippen LogP contribution in [0.4, 0.5) is 0 Å². The van der Waals surface area contributed by atoms with Crippen LogP contribution in [0.5, 0.6) is 0 Å². The summed E-state index contributed by atoms with van der Waals surface area (Å²) in [4.78, 5) is 6.88. The summed E-state index contributed by atoms with van der Waals surface area (Å²) >= 11 is 0. The molecule has 1 aromatic rings. The highest BCUT2D eigenvalue weighted by Crippen LogP contribution is 2.19. The van der Waals surface area contributed by atoms with Crippen molar-refractivity contribution in [2.75, 3.05) is 33.2 Å². The summed E-state index contributed by atoms with van der Waals surface area (Å²) in [6, 6.07) is 0. The summed E-state index contributed by atoms with van der Waals surface area (Å²) in [6.07, 6.45) is 3.88. The molecule has 136 valence electrons. The van der Waals surface area contributed by atoms with Gasteiger partial charge in [0.15, 0.2) is 5.96 Å². The van der Waals surface area contributed by atoms with E-state index in [1.165, 1.54) is 50.2 Å². The largest absolute Gasteiger partial charge is 0.356 e. The topological polar surface area (TPSA) is 57.5 Å². The van der Waals surface area contributed by atoms with E-state index in [0.717, 1.165) is 30.7 Å². The molecule has 0 bridgehead atoms. The molecule has 0 radical (unpaired) electrons. The minimum atomic E-state index is 0.764. The molecule has 1 aliphatic rings. The van der Waals surface area contributed by atoms with Crippen LogP contribution in [0.2, 0.25) is 0 Å². The highest BCUT2D eigenvalue weighted by atomic mass is 15.3. The molecule has 0 unspecified atom stereocenters. The molecule has 24 heavy (non-hydrogen) atoms. The van der Waals surface area contributed by atoms with Crippen molar-refractivity contribution in [2.45, 2.75) is 46.6 Å². The van der Waals surface area contributed by atoms with Gasteiger partial charge in [-0.3, -0.25) is 9.67 Å². The van der Waals surface area contributed by atoms with Crippen LogP contribution in [0.1, 0.15) is 43.1 Å². The van der Waals surface area contributed by atoms with Gasteiger partial charge in [0.1, 0.15) is 0 Å². The molecule has 0 saturated carbocycles. The number of rotatable bonds is 6. The zero-order chi connectivity index (χ0) is 17.5. The molecule has 1 aliphatic heterocycles. The van der Waals surface area contributed by atoms with Crippen LogP contribution in [-0.4, -0.2) is 53.9 Å². The van der Waals surface area contributed by atoms with Crippen LogP contribution in [-0.2, 0) is 13.6 Å². The quantitative estimate of drug-likeness (QED) is 0.615. The Hall–Kier alpha value is -1.56. The standard InChI is InChI=1S/C18H34N6/c1-6-24-11-8-16(9-12-24)7-10-20-18(19-4)21-13-17-14(2)22-23(5)15(17)3/h16H,6-13H2,1-5H3,(H2,19,20,21). The maximum absolute atomic E-state index is 4.46. The average molecular weight is 335 g/mol. The Bertz CT molecular complexity index is 540. The van der Waals surface area contributed by atoms with Gasteiger partial charge in [-0.25, -0.2) is 0 Å². The Morgan fingerprint density at radius 2 is 1.96 bits per heavy atom. The molecule has 1 saturated heterocycles. The molecule has 2 heterocycles. The van der Waals surface area contributed by atoms with Crippen LogP contribution < -0.4 is 10.6 Å². The van der Waals surface area contributed by atoms with Crippen molar-refractivity contribution >= 4 is 5.96 Å². The lowest BCUT2D eigenvalue weighted by Crippen LogP contribution is -2.39. The first-order valence-corrected chi connectivity index (χ1v) is 9.21. The van der Waals surface area contributed by atoms with E-state index in [1.54, 1.807) is 0 Å². The summed E-state index contributed by atoms with van der Waals surface area (Å²) in [5, 5.41) is 11.3. The molecule has 6 nitrogen and oxygen atoms in total. The van der Waals surface area contributed by atoms with E-state index in [9.17, 15) is 0 Å². The fourth-order valence-electron chi connectivity index (χ4n) is 3.45. The molecule has 1 aromatic heterocycles. The van der Waals surface area contributed by atoms with Crippen molar-refractivity contribution in [2.24, 2.45) is 18.0 Å². The smallest absolute Gasteiger partial charge is 0.191 e. The monoisotopic (exact) mass is 334 g/mol. The number of aliphatic imine (C=N–C) groups is 1. The van der Waals surface area contributed by atoms with Crippen molar-refractivity contribution in [3.8, 4) is 0 Å². The highest BCUT2D eigenvalue weighted by Gasteiger charge is 2.17. The molecule has 2 N–H and O–H groups in total. The average Bonchev–Trinajstić information content (AvgIpc) is 2.84. The second-order valence-corrected chi connectivity index (χ2v) is 6.79. The van der Waals surface area contributed by atoms with Gasteiger partial charge in [0, 0.05) is 38.4 Å². The number of nitrogens with one attached hydrogen (secondary N) is 2. The summed E-state index contributed by atoms with van der Waals surface area (Å²) < 4.78 is 1.94. The zero-order valence-electron chi connectivity index (χ0n) is 16.0. The maximum Gasteiger partial charge on any atom is 0.191 e. The molecule has 0 amide bonds. The number of piperidine rings is 1. The normalized spacial score (nSPS) is 17.3. The number of hydrogen-bond acceptors (Lipinski definition) is 3. The Morgan fingerprint density at radius 3 is 2.50 bits per heavy atom. The van der Waals surface area contributed by atoms with Gasteiger partial charge in [0.05, 0.1) is 5.69 Å². The maximum atomic E-state index is 4.46. The van der Waals surface area contributed by atoms with E-state index < -0.39 is 0 Å². The van der Waals surface area contributed by atoms with Gasteiger partial charge in [-0.15, -0.1) is 0 Å². The highest BCUT2D eigenvalue weighted by molar-refractivity contribution is 5.79. The van der Waals surface area contributed by atoms with Crippen molar-refractivity contribution in [1.29, 1.82) is 0 Å². The summed E-state index contributed by atoms with van der Waals surface area (Å²) in [5.41, 5.74) is 3.55. The summed E-state index contributed by atoms with van der Waals surface area (Å²) in [6.45, 7) is 11.9. The SMILES string of the molecule is CCN1CCC(CCNC(=NC)NCc2c(C)nn(C)c2C)CC1. The van der Waals surface area contributed by atoms with Gasteiger partial charge >= 0.3 is 0 Å². The van der Waals surface area contributed by atoms with Crippen molar-refractivity contribution in [3.63, 3.8) is 0 Å². The summed E-state index contributed by atoms with van der Waals surface area (Å²) in [5.74, 6) is 1.73. The number of guanidine groups is 1. The van der Waals surface area contributed by atoms with Gasteiger partial charge < -0.3 is 15.5 Å². The third-order valence-corrected chi connectivity index (χ3v) is 5.31. The lowest BCUT2D eigenvalue weighted by atomic mass is 9.93. The van der Waals surface area contributed by atoms with Gasteiger partial charge in [-0.1, -0.05) is 6.92 Å². The van der Waals surface area contributed by atoms with E-state index in [2.05, 4.69) is 46.4 Å². The lowest BCUT2D eigenvalue weighted by Gasteiger charge is -2.31. The predicted octanol–water partition coefficient (Wildman–Crippen LogP) is 1.82. The Labute approximate surface area is 146 Å². The Morgan fingerprint density at radius 1 is 1.25 bits per heavy atom. The molecule has 6 heteroatoms. The minimum Gasteiger partial charge on any atom is -0.356 e. The predicted molar refractivity (Wildman–Crippen MR) is 100 cm³/mol. The van der Waals surface area contributed by atoms with E-state index in [-0.39, 0.29) is 0 Å². The van der Waals surface area contributed by atoms with Crippen LogP contribution >= 0.6 is 0 Å². The second-order valence-electron chi connectivity index (χ2n) is 6.79. The number of likely N-dealkylation sites (tertiary alicyclic amines) is 1. The van der Waals surface area contributed by atoms with Crippen LogP contribution in [0.3, 0.4) is 0 Å². The van der Waals surface area contributed by atoms with Gasteiger partial charge in [0.25, 0.3) is 0 Å². The van der Waals surface area contributed by atoms with Gasteiger partial charge in [-0.2, -0.15) is 5.10 Å². The second kappa shape index (κ2) is 9.06. The van der Waals surface area contributed by atoms with Crippen molar-refractivity contribution in [1.82, 2.24) is 25.3 Å². The first-order valence-electron chi connectivity index (χ1n) is 9.21. The molecule has 0 aliphatic carbocycles. The van der Waals surface area contributed by atoms with Gasteiger partial charge in [-0.05, 0) is 58.7 Å². The van der Waals surface area contributed by atoms with E-state index in [0.29, 0.717) is 0 Å². The molecule has 0 aromatic carbocycles. The van der Waals surface area contributed by atoms with E-state index >= 15 is 0 Å². The zero-order valence-corrected chi connectivity index (χ0v) is 16.0. The lowest BCUT2D eigenvalue weighted by molar-refractivity contribution is 0.187. The first-order chi connectivity index (χ1) is 11.5. The Kier molecular flexibility index (Phi) is 7.09. The molecule has 1 fully saturated rings. The van der Waals surface area contributed by atoms with Crippen LogP contribution in [0, 0.1) is 19.8 Å². The number of nitrogens with zero attached hydrogens (tertiary/aromatic N) is 4. The number of hydrogen-bond donors (Lipinski definition) is 2. The third-order valence-electron chi connectivity index (χ3n) is 5.31. The third kappa shape index (κ3) is 4.97. The molecule has 2 rings (SSSR count). The molecular formula is C18H34N6. The van der Waals surface area contributed by atoms with Gasteiger partial charge in [0.2, 0.25) is 0 Å². The fraction of sp³-hybridized carbons (Fsp3) is 0.778. The number of aromatic nitrogens is 2. The summed E-state index contributed by atoms with van der Waals surface area (Å²) in [7, 11) is 3.82. The Balaban J connectivity index is 1.71. The van der Waals surface area contributed by atoms with Crippen molar-refractivity contribution < 1.29 is 0 Å². The molecular weight excluding hydrogens is 300 g/mol. The number of aryl methyl sites for hydroxylation is 2. The van der Waals surface area contributed by atoms with E-state index in [1.807, 2.05) is 18.8 Å². The molecule has 0 spiro atoms. The van der Waals surface area contributed by atoms with Crippen molar-refractivity contribution in [3.05, 3.63) is 17.0 Å². The first kappa shape index (κ1) is 18.8. The van der Waals surface area contributed by atoms with E-state index in [4.69, 9.17) is 0 Å². The van der Waals surface area contributed by atoms with Crippen LogP contribution in [0.15, 0.2) is 4.99 Å². The fourth-order valence-corrected chi connectivity index (χ4v) is 3.45.